The molecule has 9 heteroatoms. The Morgan fingerprint density at radius 2 is 1.73 bits per heavy atom. The van der Waals surface area contributed by atoms with Crippen LogP contribution in [0.5, 0.6) is 0 Å². The number of rotatable bonds is 3. The predicted octanol–water partition coefficient (Wildman–Crippen LogP) is 5.09. The molecule has 0 spiro atoms. The normalized spacial score (nSPS) is 18.3. The van der Waals surface area contributed by atoms with Crippen molar-refractivity contribution in [3.05, 3.63) is 79.8 Å². The first kappa shape index (κ1) is 20.5. The molecule has 1 N–H and O–H groups in total. The highest BCUT2D eigenvalue weighted by atomic mass is 35.5. The van der Waals surface area contributed by atoms with Crippen LogP contribution in [-0.2, 0) is 9.59 Å². The number of anilines is 1. The van der Waals surface area contributed by atoms with Gasteiger partial charge in [-0.15, -0.1) is 10.2 Å². The van der Waals surface area contributed by atoms with E-state index in [4.69, 9.17) is 23.2 Å². The molecular formula is C21H15Cl2N3O3S. The number of amides is 1. The van der Waals surface area contributed by atoms with E-state index < -0.39 is 17.7 Å². The molecule has 3 aromatic rings. The third-order valence-corrected chi connectivity index (χ3v) is 6.33. The summed E-state index contributed by atoms with van der Waals surface area (Å²) in [7, 11) is 0. The van der Waals surface area contributed by atoms with Gasteiger partial charge in [-0.2, -0.15) is 0 Å². The van der Waals surface area contributed by atoms with E-state index in [1.165, 1.54) is 16.2 Å². The van der Waals surface area contributed by atoms with Crippen LogP contribution < -0.4 is 4.90 Å². The molecule has 0 radical (unpaired) electrons. The first-order valence-electron chi connectivity index (χ1n) is 8.91. The molecule has 0 saturated carbocycles. The molecule has 1 aliphatic rings. The minimum absolute atomic E-state index is 0.0462. The van der Waals surface area contributed by atoms with Crippen LogP contribution in [0.1, 0.15) is 27.7 Å². The van der Waals surface area contributed by atoms with Crippen molar-refractivity contribution in [2.24, 2.45) is 0 Å². The molecule has 4 rings (SSSR count). The van der Waals surface area contributed by atoms with E-state index >= 15 is 0 Å². The maximum atomic E-state index is 13.0. The maximum absolute atomic E-state index is 13.0. The number of aliphatic hydroxyl groups excluding tert-OH is 1. The summed E-state index contributed by atoms with van der Waals surface area (Å²) < 4.78 is 0. The van der Waals surface area contributed by atoms with Gasteiger partial charge in [0.2, 0.25) is 5.13 Å². The quantitative estimate of drug-likeness (QED) is 0.335. The smallest absolute Gasteiger partial charge is 0.301 e. The van der Waals surface area contributed by atoms with Gasteiger partial charge < -0.3 is 5.11 Å². The molecule has 30 heavy (non-hydrogen) atoms. The Hall–Kier alpha value is -2.74. The molecule has 1 fully saturated rings. The van der Waals surface area contributed by atoms with Crippen LogP contribution in [0.25, 0.3) is 5.76 Å². The Kier molecular flexibility index (Phi) is 5.36. The number of Topliss-reactive ketones (excluding diaryl/α,β-unsaturated/α-hetero) is 1. The van der Waals surface area contributed by atoms with Crippen LogP contribution in [0.4, 0.5) is 5.13 Å². The molecule has 1 aromatic heterocycles. The van der Waals surface area contributed by atoms with E-state index in [0.717, 1.165) is 5.56 Å². The molecule has 1 amide bonds. The van der Waals surface area contributed by atoms with Crippen molar-refractivity contribution < 1.29 is 14.7 Å². The summed E-state index contributed by atoms with van der Waals surface area (Å²) in [5, 5.41) is 20.5. The van der Waals surface area contributed by atoms with Gasteiger partial charge in [-0.05, 0) is 31.5 Å². The zero-order chi connectivity index (χ0) is 21.6. The van der Waals surface area contributed by atoms with Gasteiger partial charge in [-0.1, -0.05) is 70.4 Å². The van der Waals surface area contributed by atoms with Crippen LogP contribution >= 0.6 is 34.5 Å². The van der Waals surface area contributed by atoms with E-state index in [1.807, 2.05) is 19.1 Å². The summed E-state index contributed by atoms with van der Waals surface area (Å²) >= 11 is 13.4. The summed E-state index contributed by atoms with van der Waals surface area (Å²) in [4.78, 5) is 27.2. The van der Waals surface area contributed by atoms with Crippen LogP contribution in [0, 0.1) is 13.8 Å². The fourth-order valence-corrected chi connectivity index (χ4v) is 4.30. The highest BCUT2D eigenvalue weighted by molar-refractivity contribution is 7.15. The fourth-order valence-electron chi connectivity index (χ4n) is 3.28. The number of nitrogens with zero attached hydrogens (tertiary/aromatic N) is 3. The number of aromatic nitrogens is 2. The van der Waals surface area contributed by atoms with Gasteiger partial charge in [0, 0.05) is 5.56 Å². The Morgan fingerprint density at radius 1 is 1.03 bits per heavy atom. The summed E-state index contributed by atoms with van der Waals surface area (Å²) in [6, 6.07) is 10.9. The zero-order valence-corrected chi connectivity index (χ0v) is 18.2. The van der Waals surface area contributed by atoms with Gasteiger partial charge >= 0.3 is 5.91 Å². The SMILES string of the molecule is Cc1ccc(C(O)=C2C(=O)C(=O)N(c3nnc(C)s3)[C@H]2c2ccc(Cl)c(Cl)c2)cc1. The van der Waals surface area contributed by atoms with Crippen molar-refractivity contribution in [2.45, 2.75) is 19.9 Å². The number of ketones is 1. The zero-order valence-electron chi connectivity index (χ0n) is 15.9. The lowest BCUT2D eigenvalue weighted by Crippen LogP contribution is -2.29. The van der Waals surface area contributed by atoms with Crippen LogP contribution in [-0.4, -0.2) is 27.0 Å². The van der Waals surface area contributed by atoms with Gasteiger partial charge in [0.1, 0.15) is 10.8 Å². The minimum atomic E-state index is -0.923. The predicted molar refractivity (Wildman–Crippen MR) is 117 cm³/mol. The molecule has 1 aliphatic heterocycles. The minimum Gasteiger partial charge on any atom is -0.507 e. The summed E-state index contributed by atoms with van der Waals surface area (Å²) in [5.74, 6) is -1.87. The molecule has 0 bridgehead atoms. The average Bonchev–Trinajstić information content (AvgIpc) is 3.25. The number of aliphatic hydroxyl groups is 1. The van der Waals surface area contributed by atoms with Crippen LogP contribution in [0.15, 0.2) is 48.0 Å². The van der Waals surface area contributed by atoms with E-state index in [-0.39, 0.29) is 21.5 Å². The van der Waals surface area contributed by atoms with Gasteiger partial charge in [-0.3, -0.25) is 14.5 Å². The van der Waals surface area contributed by atoms with Gasteiger partial charge in [0.15, 0.2) is 0 Å². The molecule has 1 atom stereocenters. The highest BCUT2D eigenvalue weighted by Gasteiger charge is 2.48. The van der Waals surface area contributed by atoms with Crippen molar-refractivity contribution >= 4 is 57.1 Å². The Bertz CT molecular complexity index is 1200. The number of carbonyl (C=O) groups excluding carboxylic acids is 2. The summed E-state index contributed by atoms with van der Waals surface area (Å²) in [5.41, 5.74) is 1.90. The number of benzene rings is 2. The summed E-state index contributed by atoms with van der Waals surface area (Å²) in [6.45, 7) is 3.66. The first-order valence-corrected chi connectivity index (χ1v) is 10.5. The second-order valence-electron chi connectivity index (χ2n) is 6.81. The molecule has 2 heterocycles. The van der Waals surface area contributed by atoms with E-state index in [1.54, 1.807) is 37.3 Å². The molecule has 1 saturated heterocycles. The van der Waals surface area contributed by atoms with E-state index in [2.05, 4.69) is 10.2 Å². The molecular weight excluding hydrogens is 445 g/mol. The number of halogens is 2. The lowest BCUT2D eigenvalue weighted by atomic mass is 9.95. The van der Waals surface area contributed by atoms with Gasteiger partial charge in [0.05, 0.1) is 21.7 Å². The third kappa shape index (κ3) is 3.49. The van der Waals surface area contributed by atoms with Crippen molar-refractivity contribution in [2.75, 3.05) is 4.90 Å². The van der Waals surface area contributed by atoms with Crippen molar-refractivity contribution in [3.63, 3.8) is 0 Å². The van der Waals surface area contributed by atoms with Crippen LogP contribution in [0.3, 0.4) is 0 Å². The lowest BCUT2D eigenvalue weighted by molar-refractivity contribution is -0.132. The number of hydrogen-bond donors (Lipinski definition) is 1. The second-order valence-corrected chi connectivity index (χ2v) is 8.79. The maximum Gasteiger partial charge on any atom is 0.301 e. The third-order valence-electron chi connectivity index (χ3n) is 4.75. The molecule has 2 aromatic carbocycles. The largest absolute Gasteiger partial charge is 0.507 e. The van der Waals surface area contributed by atoms with Crippen molar-refractivity contribution in [3.8, 4) is 0 Å². The van der Waals surface area contributed by atoms with Gasteiger partial charge in [0.25, 0.3) is 5.78 Å². The number of carbonyl (C=O) groups is 2. The summed E-state index contributed by atoms with van der Waals surface area (Å²) in [6.07, 6.45) is 0. The van der Waals surface area contributed by atoms with Gasteiger partial charge in [-0.25, -0.2) is 0 Å². The Balaban J connectivity index is 1.96. The lowest BCUT2D eigenvalue weighted by Gasteiger charge is -2.22. The standard InChI is InChI=1S/C21H15Cl2N3O3S/c1-10-3-5-12(6-4-10)18(27)16-17(13-7-8-14(22)15(23)9-13)26(20(29)19(16)28)21-25-24-11(2)30-21/h3-9,17,27H,1-2H3/t17-/m0/s1. The van der Waals surface area contributed by atoms with Crippen molar-refractivity contribution in [1.29, 1.82) is 0 Å². The van der Waals surface area contributed by atoms with Crippen molar-refractivity contribution in [1.82, 2.24) is 10.2 Å². The number of aryl methyl sites for hydroxylation is 2. The highest BCUT2D eigenvalue weighted by Crippen LogP contribution is 2.43. The Morgan fingerprint density at radius 3 is 2.33 bits per heavy atom. The topological polar surface area (TPSA) is 83.4 Å². The molecule has 0 aliphatic carbocycles. The fraction of sp³-hybridized carbons (Fsp3) is 0.143. The monoisotopic (exact) mass is 459 g/mol. The van der Waals surface area contributed by atoms with E-state index in [9.17, 15) is 14.7 Å². The molecule has 6 nitrogen and oxygen atoms in total. The van der Waals surface area contributed by atoms with Crippen LogP contribution in [0.2, 0.25) is 10.0 Å². The first-order chi connectivity index (χ1) is 14.3. The average molecular weight is 460 g/mol. The van der Waals surface area contributed by atoms with E-state index in [0.29, 0.717) is 21.2 Å². The number of hydrogen-bond acceptors (Lipinski definition) is 6. The second kappa shape index (κ2) is 7.83. The molecule has 152 valence electrons. The Labute approximate surface area is 186 Å². The molecule has 0 unspecified atom stereocenters.